The number of aliphatic carboxylic acids is 1. The van der Waals surface area contributed by atoms with Gasteiger partial charge in [-0.25, -0.2) is 22.8 Å². The molecule has 4 rings (SSSR count). The summed E-state index contributed by atoms with van der Waals surface area (Å²) in [5, 5.41) is 14.9. The van der Waals surface area contributed by atoms with Crippen LogP contribution in [-0.4, -0.2) is 45.0 Å². The molecule has 9 nitrogen and oxygen atoms in total. The van der Waals surface area contributed by atoms with Crippen molar-refractivity contribution < 1.29 is 35.9 Å². The molecule has 2 N–H and O–H groups in total. The second-order valence-corrected chi connectivity index (χ2v) is 9.35. The summed E-state index contributed by atoms with van der Waals surface area (Å²) in [6.07, 6.45) is -4.33. The van der Waals surface area contributed by atoms with Crippen LogP contribution in [0.1, 0.15) is 17.0 Å². The fraction of sp³-hybridized carbons (Fsp3) is 0.263. The van der Waals surface area contributed by atoms with Crippen molar-refractivity contribution in [3.63, 3.8) is 0 Å². The fourth-order valence-electron chi connectivity index (χ4n) is 3.46. The van der Waals surface area contributed by atoms with E-state index < -0.39 is 51.3 Å². The molecule has 0 unspecified atom stereocenters. The van der Waals surface area contributed by atoms with E-state index in [2.05, 4.69) is 20.4 Å². The molecule has 0 fully saturated rings. The lowest BCUT2D eigenvalue weighted by molar-refractivity contribution is -0.141. The molecule has 0 saturated carbocycles. The van der Waals surface area contributed by atoms with Crippen molar-refractivity contribution in [3.8, 4) is 11.4 Å². The van der Waals surface area contributed by atoms with Crippen molar-refractivity contribution in [2.24, 2.45) is 7.05 Å². The third kappa shape index (κ3) is 4.37. The quantitative estimate of drug-likeness (QED) is 0.529. The molecule has 174 valence electrons. The zero-order valence-corrected chi connectivity index (χ0v) is 17.6. The summed E-state index contributed by atoms with van der Waals surface area (Å²) in [5.74, 6) is -3.11. The molecule has 0 radical (unpaired) electrons. The highest BCUT2D eigenvalue weighted by Gasteiger charge is 2.39. The highest BCUT2D eigenvalue weighted by atomic mass is 32.2. The van der Waals surface area contributed by atoms with E-state index in [0.29, 0.717) is 0 Å². The Bertz CT molecular complexity index is 1390. The average Bonchev–Trinajstić information content (AvgIpc) is 3.23. The van der Waals surface area contributed by atoms with E-state index in [1.54, 1.807) is 0 Å². The van der Waals surface area contributed by atoms with Crippen LogP contribution in [0.3, 0.4) is 0 Å². The molecule has 0 amide bonds. The summed E-state index contributed by atoms with van der Waals surface area (Å²) >= 11 is 0. The lowest BCUT2D eigenvalue weighted by Crippen LogP contribution is -2.11. The van der Waals surface area contributed by atoms with Gasteiger partial charge >= 0.3 is 12.1 Å². The molecule has 0 bridgehead atoms. The Labute approximate surface area is 184 Å². The number of carboxylic acid groups (broad SMARTS) is 1. The number of aryl methyl sites for hydroxylation is 2. The molecule has 2 aromatic heterocycles. The molecule has 0 atom stereocenters. The van der Waals surface area contributed by atoms with Gasteiger partial charge in [-0.15, -0.1) is 0 Å². The zero-order chi connectivity index (χ0) is 24.1. The summed E-state index contributed by atoms with van der Waals surface area (Å²) < 4.78 is 80.6. The van der Waals surface area contributed by atoms with Crippen molar-refractivity contribution in [2.45, 2.75) is 23.9 Å². The van der Waals surface area contributed by atoms with Gasteiger partial charge in [-0.2, -0.15) is 18.3 Å². The van der Waals surface area contributed by atoms with Gasteiger partial charge in [0.25, 0.3) is 0 Å². The number of carboxylic acids is 1. The number of sulfone groups is 1. The summed E-state index contributed by atoms with van der Waals surface area (Å²) in [5.41, 5.74) is -1.72. The molecule has 14 heteroatoms. The molecule has 1 aliphatic heterocycles. The molecule has 3 heterocycles. The number of hydrogen-bond acceptors (Lipinski definition) is 7. The third-order valence-electron chi connectivity index (χ3n) is 4.85. The fourth-order valence-corrected chi connectivity index (χ4v) is 5.03. The van der Waals surface area contributed by atoms with Crippen LogP contribution in [0, 0.1) is 5.82 Å². The first-order valence-electron chi connectivity index (χ1n) is 9.37. The number of nitrogens with one attached hydrogen (secondary N) is 1. The van der Waals surface area contributed by atoms with Crippen LogP contribution >= 0.6 is 0 Å². The smallest absolute Gasteiger partial charge is 0.435 e. The Kier molecular flexibility index (Phi) is 5.35. The maximum atomic E-state index is 14.3. The van der Waals surface area contributed by atoms with Gasteiger partial charge in [-0.05, 0) is 17.7 Å². The van der Waals surface area contributed by atoms with Crippen LogP contribution in [0.5, 0.6) is 0 Å². The SMILES string of the molecule is Cn1cc(-c2nc3c(c(Nc4ccc(CC(=O)O)c(F)c4)n2)S(=O)(=O)CC3)c(C(F)(F)F)n1. The second kappa shape index (κ2) is 7.79. The molecule has 0 saturated heterocycles. The maximum Gasteiger partial charge on any atom is 0.435 e. The van der Waals surface area contributed by atoms with Crippen molar-refractivity contribution in [1.29, 1.82) is 0 Å². The van der Waals surface area contributed by atoms with Crippen molar-refractivity contribution >= 4 is 27.3 Å². The van der Waals surface area contributed by atoms with E-state index >= 15 is 0 Å². The van der Waals surface area contributed by atoms with Gasteiger partial charge in [-0.3, -0.25) is 9.48 Å². The topological polar surface area (TPSA) is 127 Å². The highest BCUT2D eigenvalue weighted by molar-refractivity contribution is 7.91. The van der Waals surface area contributed by atoms with Gasteiger partial charge in [0.2, 0.25) is 0 Å². The number of rotatable bonds is 5. The van der Waals surface area contributed by atoms with E-state index in [4.69, 9.17) is 5.11 Å². The number of benzene rings is 1. The lowest BCUT2D eigenvalue weighted by Gasteiger charge is -2.13. The molecule has 33 heavy (non-hydrogen) atoms. The highest BCUT2D eigenvalue weighted by Crippen LogP contribution is 2.38. The number of carbonyl (C=O) groups is 1. The van der Waals surface area contributed by atoms with Gasteiger partial charge < -0.3 is 10.4 Å². The summed E-state index contributed by atoms with van der Waals surface area (Å²) in [6.45, 7) is 0. The molecular formula is C19H15F4N5O4S. The second-order valence-electron chi connectivity index (χ2n) is 7.31. The monoisotopic (exact) mass is 485 g/mol. The standard InChI is InChI=1S/C19H15F4N5O4S/c1-28-8-11(16(27-28)19(21,22)23)17-25-13-4-5-33(31,32)15(13)18(26-17)24-10-3-2-9(6-14(29)30)12(20)7-10/h2-3,7-8H,4-6H2,1H3,(H,29,30)(H,24,25,26). The number of nitrogens with zero attached hydrogens (tertiary/aromatic N) is 4. The largest absolute Gasteiger partial charge is 0.481 e. The van der Waals surface area contributed by atoms with Crippen LogP contribution in [-0.2, 0) is 40.7 Å². The molecule has 1 aromatic carbocycles. The minimum Gasteiger partial charge on any atom is -0.481 e. The van der Waals surface area contributed by atoms with Crippen LogP contribution in [0.2, 0.25) is 0 Å². The number of fused-ring (bicyclic) bond motifs is 1. The Morgan fingerprint density at radius 3 is 2.64 bits per heavy atom. The Balaban J connectivity index is 1.83. The molecule has 0 aliphatic carbocycles. The third-order valence-corrected chi connectivity index (χ3v) is 6.64. The van der Waals surface area contributed by atoms with E-state index in [9.17, 15) is 30.8 Å². The maximum absolute atomic E-state index is 14.3. The first-order chi connectivity index (χ1) is 15.3. The minimum atomic E-state index is -4.80. The first kappa shape index (κ1) is 22.6. The minimum absolute atomic E-state index is 0.0258. The lowest BCUT2D eigenvalue weighted by atomic mass is 10.1. The van der Waals surface area contributed by atoms with Gasteiger partial charge in [0.05, 0.1) is 23.4 Å². The van der Waals surface area contributed by atoms with E-state index in [0.717, 1.165) is 16.9 Å². The van der Waals surface area contributed by atoms with Crippen LogP contribution in [0.4, 0.5) is 29.1 Å². The van der Waals surface area contributed by atoms with Crippen molar-refractivity contribution in [3.05, 3.63) is 47.2 Å². The molecule has 0 spiro atoms. The molecule has 1 aliphatic rings. The van der Waals surface area contributed by atoms with Crippen LogP contribution in [0.25, 0.3) is 11.4 Å². The van der Waals surface area contributed by atoms with E-state index in [1.807, 2.05) is 0 Å². The Morgan fingerprint density at radius 2 is 2.00 bits per heavy atom. The van der Waals surface area contributed by atoms with Gasteiger partial charge in [-0.1, -0.05) is 6.07 Å². The summed E-state index contributed by atoms with van der Waals surface area (Å²) in [6, 6.07) is 3.45. The zero-order valence-electron chi connectivity index (χ0n) is 16.8. The normalized spacial score (nSPS) is 14.8. The predicted molar refractivity (Wildman–Crippen MR) is 106 cm³/mol. The van der Waals surface area contributed by atoms with Crippen molar-refractivity contribution in [2.75, 3.05) is 11.1 Å². The van der Waals surface area contributed by atoms with E-state index in [-0.39, 0.29) is 39.8 Å². The summed E-state index contributed by atoms with van der Waals surface area (Å²) in [4.78, 5) is 18.6. The number of alkyl halides is 3. The van der Waals surface area contributed by atoms with E-state index in [1.165, 1.54) is 19.2 Å². The van der Waals surface area contributed by atoms with Crippen molar-refractivity contribution in [1.82, 2.24) is 19.7 Å². The first-order valence-corrected chi connectivity index (χ1v) is 11.0. The number of halogens is 4. The van der Waals surface area contributed by atoms with Gasteiger partial charge in [0.15, 0.2) is 27.2 Å². The number of anilines is 2. The molecular weight excluding hydrogens is 470 g/mol. The predicted octanol–water partition coefficient (Wildman–Crippen LogP) is 2.74. The van der Waals surface area contributed by atoms with Crippen LogP contribution in [0.15, 0.2) is 29.3 Å². The van der Waals surface area contributed by atoms with Gasteiger partial charge in [0.1, 0.15) is 10.7 Å². The Morgan fingerprint density at radius 1 is 1.27 bits per heavy atom. The van der Waals surface area contributed by atoms with Crippen LogP contribution < -0.4 is 5.32 Å². The number of aromatic nitrogens is 4. The number of hydrogen-bond donors (Lipinski definition) is 2. The molecule has 3 aromatic rings. The Hall–Kier alpha value is -3.55. The average molecular weight is 485 g/mol. The van der Waals surface area contributed by atoms with Gasteiger partial charge in [0, 0.05) is 25.4 Å². The summed E-state index contributed by atoms with van der Waals surface area (Å²) in [7, 11) is -2.54.